The molecule has 0 bridgehead atoms. The highest BCUT2D eigenvalue weighted by Gasteiger charge is 2.20. The van der Waals surface area contributed by atoms with Crippen molar-refractivity contribution in [1.29, 1.82) is 0 Å². The van der Waals surface area contributed by atoms with Gasteiger partial charge in [-0.15, -0.1) is 0 Å². The third-order valence-corrected chi connectivity index (χ3v) is 2.58. The van der Waals surface area contributed by atoms with Gasteiger partial charge in [-0.1, -0.05) is 19.9 Å². The first kappa shape index (κ1) is 13.6. The molecule has 4 nitrogen and oxygen atoms in total. The summed E-state index contributed by atoms with van der Waals surface area (Å²) in [4.78, 5) is 15.3. The lowest BCUT2D eigenvalue weighted by Gasteiger charge is -2.25. The summed E-state index contributed by atoms with van der Waals surface area (Å²) >= 11 is 0. The van der Waals surface area contributed by atoms with Crippen LogP contribution in [-0.2, 0) is 14.9 Å². The summed E-state index contributed by atoms with van der Waals surface area (Å²) in [7, 11) is 0. The van der Waals surface area contributed by atoms with E-state index in [0.717, 1.165) is 5.56 Å². The average Bonchev–Trinajstić information content (AvgIpc) is 2.30. The third-order valence-electron chi connectivity index (χ3n) is 2.58. The number of carbonyl (C=O) groups excluding carboxylic acids is 1. The largest absolute Gasteiger partial charge is 0.465 e. The maximum atomic E-state index is 11.2. The van der Waals surface area contributed by atoms with Crippen LogP contribution in [0.25, 0.3) is 0 Å². The summed E-state index contributed by atoms with van der Waals surface area (Å²) in [6.07, 6.45) is 3.61. The monoisotopic (exact) mass is 236 g/mol. The molecular weight excluding hydrogens is 216 g/mol. The van der Waals surface area contributed by atoms with Gasteiger partial charge in [0.15, 0.2) is 0 Å². The fourth-order valence-corrected chi connectivity index (χ4v) is 1.55. The van der Waals surface area contributed by atoms with Crippen LogP contribution in [0.1, 0.15) is 26.3 Å². The van der Waals surface area contributed by atoms with Crippen molar-refractivity contribution in [2.45, 2.75) is 26.2 Å². The van der Waals surface area contributed by atoms with Gasteiger partial charge in [0.2, 0.25) is 0 Å². The fraction of sp³-hybridized carbons (Fsp3) is 0.538. The van der Waals surface area contributed by atoms with E-state index < -0.39 is 0 Å². The molecule has 0 aliphatic rings. The smallest absolute Gasteiger partial charge is 0.319 e. The van der Waals surface area contributed by atoms with Gasteiger partial charge in [0.1, 0.15) is 0 Å². The molecule has 0 fully saturated rings. The molecule has 1 rings (SSSR count). The van der Waals surface area contributed by atoms with Crippen LogP contribution >= 0.6 is 0 Å². The second-order valence-electron chi connectivity index (χ2n) is 4.53. The first-order valence-electron chi connectivity index (χ1n) is 5.83. The van der Waals surface area contributed by atoms with Crippen LogP contribution in [0.4, 0.5) is 0 Å². The second-order valence-corrected chi connectivity index (χ2v) is 4.53. The normalized spacial score (nSPS) is 11.2. The Labute approximate surface area is 102 Å². The predicted octanol–water partition coefficient (Wildman–Crippen LogP) is 1.51. The molecule has 94 valence electrons. The Morgan fingerprint density at radius 2 is 2.29 bits per heavy atom. The Morgan fingerprint density at radius 1 is 1.53 bits per heavy atom. The lowest BCUT2D eigenvalue weighted by Crippen LogP contribution is -2.36. The number of carbonyl (C=O) groups is 1. The van der Waals surface area contributed by atoms with Crippen LogP contribution in [0.2, 0.25) is 0 Å². The maximum Gasteiger partial charge on any atom is 0.319 e. The number of ether oxygens (including phenoxy) is 1. The van der Waals surface area contributed by atoms with Crippen LogP contribution in [0.3, 0.4) is 0 Å². The van der Waals surface area contributed by atoms with Gasteiger partial charge in [0.25, 0.3) is 0 Å². The van der Waals surface area contributed by atoms with Crippen LogP contribution < -0.4 is 5.32 Å². The molecule has 0 aliphatic heterocycles. The van der Waals surface area contributed by atoms with Crippen molar-refractivity contribution in [2.75, 3.05) is 19.7 Å². The zero-order valence-corrected chi connectivity index (χ0v) is 10.7. The lowest BCUT2D eigenvalue weighted by molar-refractivity contribution is -0.142. The van der Waals surface area contributed by atoms with E-state index >= 15 is 0 Å². The van der Waals surface area contributed by atoms with Gasteiger partial charge in [-0.2, -0.15) is 0 Å². The SMILES string of the molecule is CCOC(=O)CNCC(C)(C)c1cccnc1. The highest BCUT2D eigenvalue weighted by molar-refractivity contribution is 5.71. The molecule has 1 aromatic rings. The minimum atomic E-state index is -0.213. The molecule has 1 aromatic heterocycles. The van der Waals surface area contributed by atoms with E-state index in [4.69, 9.17) is 4.74 Å². The second kappa shape index (κ2) is 6.35. The summed E-state index contributed by atoms with van der Waals surface area (Å²) in [6.45, 7) is 7.41. The first-order valence-corrected chi connectivity index (χ1v) is 5.83. The molecule has 0 spiro atoms. The van der Waals surface area contributed by atoms with Crippen molar-refractivity contribution in [3.05, 3.63) is 30.1 Å². The van der Waals surface area contributed by atoms with Crippen LogP contribution in [0.15, 0.2) is 24.5 Å². The van der Waals surface area contributed by atoms with E-state index in [-0.39, 0.29) is 17.9 Å². The van der Waals surface area contributed by atoms with Crippen molar-refractivity contribution in [2.24, 2.45) is 0 Å². The van der Waals surface area contributed by atoms with Crippen molar-refractivity contribution in [3.63, 3.8) is 0 Å². The molecule has 0 saturated heterocycles. The van der Waals surface area contributed by atoms with Crippen LogP contribution in [0, 0.1) is 0 Å². The van der Waals surface area contributed by atoms with Gasteiger partial charge in [-0.05, 0) is 18.6 Å². The van der Waals surface area contributed by atoms with Gasteiger partial charge >= 0.3 is 5.97 Å². The summed E-state index contributed by atoms with van der Waals surface area (Å²) in [5, 5.41) is 3.11. The van der Waals surface area contributed by atoms with Gasteiger partial charge < -0.3 is 10.1 Å². The molecule has 1 heterocycles. The first-order chi connectivity index (χ1) is 8.06. The molecular formula is C13H20N2O2. The predicted molar refractivity (Wildman–Crippen MR) is 66.8 cm³/mol. The quantitative estimate of drug-likeness (QED) is 0.761. The number of hydrogen-bond acceptors (Lipinski definition) is 4. The van der Waals surface area contributed by atoms with Crippen molar-refractivity contribution >= 4 is 5.97 Å². The Hall–Kier alpha value is -1.42. The standard InChI is InChI=1S/C13H20N2O2/c1-4-17-12(16)9-15-10-13(2,3)11-6-5-7-14-8-11/h5-8,15H,4,9-10H2,1-3H3. The van der Waals surface area contributed by atoms with Crippen LogP contribution in [0.5, 0.6) is 0 Å². The molecule has 0 aliphatic carbocycles. The summed E-state index contributed by atoms with van der Waals surface area (Å²) in [5.74, 6) is -0.213. The average molecular weight is 236 g/mol. The highest BCUT2D eigenvalue weighted by atomic mass is 16.5. The highest BCUT2D eigenvalue weighted by Crippen LogP contribution is 2.20. The summed E-state index contributed by atoms with van der Waals surface area (Å²) in [5.41, 5.74) is 1.09. The van der Waals surface area contributed by atoms with Crippen molar-refractivity contribution < 1.29 is 9.53 Å². The number of rotatable bonds is 6. The van der Waals surface area contributed by atoms with Crippen molar-refractivity contribution in [3.8, 4) is 0 Å². The third kappa shape index (κ3) is 4.53. The van der Waals surface area contributed by atoms with Gasteiger partial charge in [-0.25, -0.2) is 0 Å². The fourth-order valence-electron chi connectivity index (χ4n) is 1.55. The number of pyridine rings is 1. The Balaban J connectivity index is 2.43. The molecule has 0 atom stereocenters. The molecule has 0 amide bonds. The minimum absolute atomic E-state index is 0.0548. The molecule has 1 N–H and O–H groups in total. The van der Waals surface area contributed by atoms with E-state index in [1.807, 2.05) is 18.3 Å². The van der Waals surface area contributed by atoms with Crippen LogP contribution in [-0.4, -0.2) is 30.6 Å². The summed E-state index contributed by atoms with van der Waals surface area (Å²) in [6, 6.07) is 3.96. The van der Waals surface area contributed by atoms with E-state index in [9.17, 15) is 4.79 Å². The zero-order chi connectivity index (χ0) is 12.7. The van der Waals surface area contributed by atoms with E-state index in [0.29, 0.717) is 13.2 Å². The molecule has 0 saturated carbocycles. The number of aromatic nitrogens is 1. The minimum Gasteiger partial charge on any atom is -0.465 e. The topological polar surface area (TPSA) is 51.2 Å². The van der Waals surface area contributed by atoms with E-state index in [1.165, 1.54) is 0 Å². The number of esters is 1. The molecule has 4 heteroatoms. The van der Waals surface area contributed by atoms with Gasteiger partial charge in [-0.3, -0.25) is 9.78 Å². The number of nitrogens with zero attached hydrogens (tertiary/aromatic N) is 1. The Bertz CT molecular complexity index is 350. The maximum absolute atomic E-state index is 11.2. The van der Waals surface area contributed by atoms with Gasteiger partial charge in [0, 0.05) is 24.4 Å². The molecule has 0 aromatic carbocycles. The van der Waals surface area contributed by atoms with E-state index in [2.05, 4.69) is 24.1 Å². The van der Waals surface area contributed by atoms with Crippen molar-refractivity contribution in [1.82, 2.24) is 10.3 Å². The Morgan fingerprint density at radius 3 is 2.88 bits per heavy atom. The lowest BCUT2D eigenvalue weighted by atomic mass is 9.86. The molecule has 0 radical (unpaired) electrons. The van der Waals surface area contributed by atoms with E-state index in [1.54, 1.807) is 13.1 Å². The molecule has 17 heavy (non-hydrogen) atoms. The summed E-state index contributed by atoms with van der Waals surface area (Å²) < 4.78 is 4.85. The Kier molecular flexibility index (Phi) is 5.10. The van der Waals surface area contributed by atoms with Gasteiger partial charge in [0.05, 0.1) is 13.2 Å². The number of hydrogen-bond donors (Lipinski definition) is 1. The molecule has 0 unspecified atom stereocenters. The number of nitrogens with one attached hydrogen (secondary N) is 1. The zero-order valence-electron chi connectivity index (χ0n) is 10.7.